The van der Waals surface area contributed by atoms with E-state index in [2.05, 4.69) is 0 Å². The van der Waals surface area contributed by atoms with Crippen molar-refractivity contribution < 1.29 is 7.86 Å². The largest absolute Gasteiger partial charge is 0.340 e. The van der Waals surface area contributed by atoms with E-state index in [0.29, 0.717) is 19.1 Å². The quantitative estimate of drug-likeness (QED) is 0.688. The standard InChI is InChI=1S/C6H10INO2/c1-8-5(4-10-7)2-3-6(8)9/h5H,2-4H2,1H3. The minimum atomic E-state index is 0.235. The van der Waals surface area contributed by atoms with Crippen molar-refractivity contribution in [2.75, 3.05) is 13.7 Å². The van der Waals surface area contributed by atoms with Gasteiger partial charge in [0.25, 0.3) is 0 Å². The van der Waals surface area contributed by atoms with Gasteiger partial charge >= 0.3 is 0 Å². The third-order valence-corrected chi connectivity index (χ3v) is 2.25. The Hall–Kier alpha value is 0.160. The van der Waals surface area contributed by atoms with Crippen molar-refractivity contribution in [3.63, 3.8) is 0 Å². The van der Waals surface area contributed by atoms with Crippen LogP contribution in [0.2, 0.25) is 0 Å². The number of likely N-dealkylation sites (tertiary alicyclic amines) is 1. The molecule has 1 aliphatic heterocycles. The molecule has 1 fully saturated rings. The number of rotatable bonds is 2. The molecule has 0 aromatic carbocycles. The minimum absolute atomic E-state index is 0.235. The van der Waals surface area contributed by atoms with Crippen LogP contribution in [-0.4, -0.2) is 30.5 Å². The molecule has 1 amide bonds. The summed E-state index contributed by atoms with van der Waals surface area (Å²) in [5.74, 6) is 0.235. The number of hydrogen-bond donors (Lipinski definition) is 0. The lowest BCUT2D eigenvalue weighted by atomic mass is 10.2. The van der Waals surface area contributed by atoms with Crippen molar-refractivity contribution in [2.45, 2.75) is 18.9 Å². The second-order valence-corrected chi connectivity index (χ2v) is 3.10. The molecule has 1 unspecified atom stereocenters. The molecule has 0 spiro atoms. The van der Waals surface area contributed by atoms with Crippen molar-refractivity contribution in [2.24, 2.45) is 0 Å². The number of likely N-dealkylation sites (N-methyl/N-ethyl adjacent to an activating group) is 1. The van der Waals surface area contributed by atoms with Crippen LogP contribution < -0.4 is 0 Å². The van der Waals surface area contributed by atoms with E-state index in [9.17, 15) is 4.79 Å². The van der Waals surface area contributed by atoms with Gasteiger partial charge in [-0.2, -0.15) is 0 Å². The number of amides is 1. The zero-order chi connectivity index (χ0) is 7.56. The summed E-state index contributed by atoms with van der Waals surface area (Å²) < 4.78 is 4.92. The number of hydrogen-bond acceptors (Lipinski definition) is 2. The van der Waals surface area contributed by atoms with Crippen LogP contribution in [0.1, 0.15) is 12.8 Å². The summed E-state index contributed by atoms with van der Waals surface area (Å²) in [6.07, 6.45) is 1.62. The fourth-order valence-electron chi connectivity index (χ4n) is 1.13. The van der Waals surface area contributed by atoms with E-state index < -0.39 is 0 Å². The Morgan fingerprint density at radius 3 is 3.00 bits per heavy atom. The van der Waals surface area contributed by atoms with E-state index in [1.165, 1.54) is 0 Å². The second-order valence-electron chi connectivity index (χ2n) is 2.47. The highest BCUT2D eigenvalue weighted by Gasteiger charge is 2.27. The predicted molar refractivity (Wildman–Crippen MR) is 45.8 cm³/mol. The molecular formula is C6H10INO2. The first-order valence-electron chi connectivity index (χ1n) is 3.25. The van der Waals surface area contributed by atoms with Gasteiger partial charge in [-0.25, -0.2) is 0 Å². The molecule has 0 N–H and O–H groups in total. The van der Waals surface area contributed by atoms with Crippen molar-refractivity contribution in [1.29, 1.82) is 0 Å². The van der Waals surface area contributed by atoms with Gasteiger partial charge in [-0.3, -0.25) is 4.79 Å². The molecule has 0 radical (unpaired) electrons. The molecule has 3 nitrogen and oxygen atoms in total. The van der Waals surface area contributed by atoms with E-state index >= 15 is 0 Å². The molecule has 10 heavy (non-hydrogen) atoms. The maximum atomic E-state index is 10.9. The fraction of sp³-hybridized carbons (Fsp3) is 0.833. The monoisotopic (exact) mass is 255 g/mol. The third-order valence-electron chi connectivity index (χ3n) is 1.89. The van der Waals surface area contributed by atoms with E-state index in [0.717, 1.165) is 6.42 Å². The zero-order valence-corrected chi connectivity index (χ0v) is 8.00. The number of carbonyl (C=O) groups is 1. The van der Waals surface area contributed by atoms with Gasteiger partial charge in [-0.15, -0.1) is 0 Å². The summed E-state index contributed by atoms with van der Waals surface area (Å²) in [6.45, 7) is 0.656. The molecule has 1 aliphatic rings. The van der Waals surface area contributed by atoms with Crippen LogP contribution in [0.5, 0.6) is 0 Å². The molecule has 1 atom stereocenters. The highest BCUT2D eigenvalue weighted by Crippen LogP contribution is 2.16. The maximum absolute atomic E-state index is 10.9. The van der Waals surface area contributed by atoms with Gasteiger partial charge in [0, 0.05) is 13.5 Å². The van der Waals surface area contributed by atoms with Crippen LogP contribution in [0.25, 0.3) is 0 Å². The molecule has 58 valence electrons. The van der Waals surface area contributed by atoms with E-state index in [4.69, 9.17) is 3.07 Å². The van der Waals surface area contributed by atoms with Gasteiger partial charge in [-0.05, 0) is 6.42 Å². The van der Waals surface area contributed by atoms with E-state index in [1.807, 2.05) is 30.1 Å². The van der Waals surface area contributed by atoms with E-state index in [1.54, 1.807) is 4.90 Å². The van der Waals surface area contributed by atoms with Crippen LogP contribution in [0, 0.1) is 0 Å². The number of halogens is 1. The van der Waals surface area contributed by atoms with Gasteiger partial charge in [0.15, 0.2) is 0 Å². The second kappa shape index (κ2) is 3.52. The summed E-state index contributed by atoms with van der Waals surface area (Å²) in [6, 6.07) is 0.310. The third kappa shape index (κ3) is 1.60. The molecule has 1 saturated heterocycles. The maximum Gasteiger partial charge on any atom is 0.222 e. The Bertz CT molecular complexity index is 140. The molecule has 0 aromatic heterocycles. The predicted octanol–water partition coefficient (Wildman–Crippen LogP) is 0.974. The SMILES string of the molecule is CN1C(=O)CCC1COI. The lowest BCUT2D eigenvalue weighted by Gasteiger charge is -2.17. The number of nitrogens with zero attached hydrogens (tertiary/aromatic N) is 1. The first-order valence-corrected chi connectivity index (χ1v) is 4.13. The number of carbonyl (C=O) groups excluding carboxylic acids is 1. The Morgan fingerprint density at radius 1 is 1.90 bits per heavy atom. The molecule has 4 heteroatoms. The normalized spacial score (nSPS) is 26.0. The molecular weight excluding hydrogens is 245 g/mol. The minimum Gasteiger partial charge on any atom is -0.340 e. The van der Waals surface area contributed by atoms with Crippen molar-refractivity contribution in [1.82, 2.24) is 4.90 Å². The average molecular weight is 255 g/mol. The van der Waals surface area contributed by atoms with Crippen LogP contribution >= 0.6 is 23.0 Å². The summed E-state index contributed by atoms with van der Waals surface area (Å²) in [5.41, 5.74) is 0. The zero-order valence-electron chi connectivity index (χ0n) is 5.84. The Balaban J connectivity index is 2.41. The highest BCUT2D eigenvalue weighted by atomic mass is 127. The van der Waals surface area contributed by atoms with Crippen LogP contribution in [0.3, 0.4) is 0 Å². The smallest absolute Gasteiger partial charge is 0.222 e. The van der Waals surface area contributed by atoms with Gasteiger partial charge < -0.3 is 7.97 Å². The first kappa shape index (κ1) is 8.26. The van der Waals surface area contributed by atoms with Crippen molar-refractivity contribution >= 4 is 28.9 Å². The Morgan fingerprint density at radius 2 is 2.60 bits per heavy atom. The molecule has 0 saturated carbocycles. The molecule has 0 aliphatic carbocycles. The van der Waals surface area contributed by atoms with Gasteiger partial charge in [0.2, 0.25) is 5.91 Å². The Labute approximate surface area is 74.4 Å². The van der Waals surface area contributed by atoms with Gasteiger partial charge in [-0.1, -0.05) is 0 Å². The topological polar surface area (TPSA) is 29.5 Å². The molecule has 1 heterocycles. The molecule has 1 rings (SSSR count). The van der Waals surface area contributed by atoms with Crippen LogP contribution in [0.4, 0.5) is 0 Å². The average Bonchev–Trinajstić information content (AvgIpc) is 2.20. The summed E-state index contributed by atoms with van der Waals surface area (Å²) in [4.78, 5) is 12.7. The van der Waals surface area contributed by atoms with Crippen molar-refractivity contribution in [3.8, 4) is 0 Å². The summed E-state index contributed by atoms with van der Waals surface area (Å²) in [5, 5.41) is 0. The fourth-order valence-corrected chi connectivity index (χ4v) is 1.55. The highest BCUT2D eigenvalue weighted by molar-refractivity contribution is 14.1. The lowest BCUT2D eigenvalue weighted by molar-refractivity contribution is -0.127. The summed E-state index contributed by atoms with van der Waals surface area (Å²) >= 11 is 1.86. The van der Waals surface area contributed by atoms with E-state index in [-0.39, 0.29) is 5.91 Å². The van der Waals surface area contributed by atoms with Crippen LogP contribution in [-0.2, 0) is 7.86 Å². The first-order chi connectivity index (χ1) is 4.75. The lowest BCUT2D eigenvalue weighted by Crippen LogP contribution is -2.31. The van der Waals surface area contributed by atoms with Gasteiger partial charge in [0.1, 0.15) is 23.0 Å². The van der Waals surface area contributed by atoms with Crippen molar-refractivity contribution in [3.05, 3.63) is 0 Å². The Kier molecular flexibility index (Phi) is 2.91. The summed E-state index contributed by atoms with van der Waals surface area (Å²) in [7, 11) is 1.83. The molecule has 0 aromatic rings. The molecule has 0 bridgehead atoms. The van der Waals surface area contributed by atoms with Crippen LogP contribution in [0.15, 0.2) is 0 Å². The van der Waals surface area contributed by atoms with Gasteiger partial charge in [0.05, 0.1) is 12.6 Å².